The van der Waals surface area contributed by atoms with Gasteiger partial charge in [0.25, 0.3) is 0 Å². The van der Waals surface area contributed by atoms with Gasteiger partial charge in [0.05, 0.1) is 12.5 Å². The molecule has 0 saturated carbocycles. The predicted molar refractivity (Wildman–Crippen MR) is 84.6 cm³/mol. The van der Waals surface area contributed by atoms with Gasteiger partial charge in [-0.2, -0.15) is 0 Å². The van der Waals surface area contributed by atoms with Crippen LogP contribution in [-0.4, -0.2) is 54.8 Å². The monoisotopic (exact) mass is 314 g/mol. The molecule has 128 valence electrons. The first-order valence-electron chi connectivity index (χ1n) is 8.16. The summed E-state index contributed by atoms with van der Waals surface area (Å²) in [6, 6.07) is 0.0534. The SMILES string of the molecule is CCCNC1CCN(C(=O)OC(C)(C)C)CC1C(=O)OCC. The van der Waals surface area contributed by atoms with E-state index in [4.69, 9.17) is 9.47 Å². The Bertz CT molecular complexity index is 379. The minimum Gasteiger partial charge on any atom is -0.466 e. The minimum atomic E-state index is -0.534. The highest BCUT2D eigenvalue weighted by atomic mass is 16.6. The summed E-state index contributed by atoms with van der Waals surface area (Å²) in [5.74, 6) is -0.586. The zero-order valence-corrected chi connectivity index (χ0v) is 14.5. The maximum absolute atomic E-state index is 12.2. The fourth-order valence-electron chi connectivity index (χ4n) is 2.51. The van der Waals surface area contributed by atoms with Gasteiger partial charge < -0.3 is 19.7 Å². The number of carbonyl (C=O) groups excluding carboxylic acids is 2. The number of rotatable bonds is 5. The van der Waals surface area contributed by atoms with E-state index in [1.54, 1.807) is 11.8 Å². The van der Waals surface area contributed by atoms with E-state index in [0.29, 0.717) is 19.7 Å². The van der Waals surface area contributed by atoms with Crippen molar-refractivity contribution in [1.29, 1.82) is 0 Å². The summed E-state index contributed by atoms with van der Waals surface area (Å²) in [7, 11) is 0. The molecule has 1 amide bonds. The van der Waals surface area contributed by atoms with Crippen molar-refractivity contribution in [2.75, 3.05) is 26.2 Å². The number of esters is 1. The fraction of sp³-hybridized carbons (Fsp3) is 0.875. The van der Waals surface area contributed by atoms with Crippen molar-refractivity contribution in [3.05, 3.63) is 0 Å². The molecule has 1 aliphatic heterocycles. The smallest absolute Gasteiger partial charge is 0.410 e. The van der Waals surface area contributed by atoms with Crippen LogP contribution in [0.2, 0.25) is 0 Å². The molecule has 2 atom stereocenters. The van der Waals surface area contributed by atoms with Crippen molar-refractivity contribution in [3.63, 3.8) is 0 Å². The van der Waals surface area contributed by atoms with Crippen LogP contribution in [0.15, 0.2) is 0 Å². The summed E-state index contributed by atoms with van der Waals surface area (Å²) in [4.78, 5) is 26.0. The molecule has 0 bridgehead atoms. The van der Waals surface area contributed by atoms with Crippen molar-refractivity contribution in [2.45, 2.75) is 59.1 Å². The molecule has 1 fully saturated rings. The number of nitrogens with zero attached hydrogens (tertiary/aromatic N) is 1. The summed E-state index contributed by atoms with van der Waals surface area (Å²) in [5, 5.41) is 3.39. The lowest BCUT2D eigenvalue weighted by molar-refractivity contribution is -0.150. The maximum Gasteiger partial charge on any atom is 0.410 e. The summed E-state index contributed by atoms with van der Waals surface area (Å²) in [6.07, 6.45) is 1.36. The zero-order valence-electron chi connectivity index (χ0n) is 14.5. The Balaban J connectivity index is 2.72. The van der Waals surface area contributed by atoms with Crippen LogP contribution in [0.3, 0.4) is 0 Å². The second kappa shape index (κ2) is 8.36. The van der Waals surface area contributed by atoms with E-state index in [0.717, 1.165) is 19.4 Å². The van der Waals surface area contributed by atoms with Crippen LogP contribution < -0.4 is 5.32 Å². The molecule has 0 aromatic heterocycles. The van der Waals surface area contributed by atoms with Gasteiger partial charge in [-0.15, -0.1) is 0 Å². The first-order valence-corrected chi connectivity index (χ1v) is 8.16. The summed E-state index contributed by atoms with van der Waals surface area (Å²) >= 11 is 0. The van der Waals surface area contributed by atoms with E-state index in [2.05, 4.69) is 12.2 Å². The van der Waals surface area contributed by atoms with Crippen molar-refractivity contribution < 1.29 is 19.1 Å². The molecule has 1 aliphatic rings. The third-order valence-corrected chi connectivity index (χ3v) is 3.51. The van der Waals surface area contributed by atoms with Crippen LogP contribution in [0.25, 0.3) is 0 Å². The highest BCUT2D eigenvalue weighted by Crippen LogP contribution is 2.21. The van der Waals surface area contributed by atoms with Gasteiger partial charge in [-0.05, 0) is 47.1 Å². The zero-order chi connectivity index (χ0) is 16.8. The Morgan fingerprint density at radius 2 is 1.95 bits per heavy atom. The topological polar surface area (TPSA) is 67.9 Å². The van der Waals surface area contributed by atoms with Crippen molar-refractivity contribution in [1.82, 2.24) is 10.2 Å². The van der Waals surface area contributed by atoms with Crippen LogP contribution in [0.4, 0.5) is 4.79 Å². The third kappa shape index (κ3) is 5.83. The van der Waals surface area contributed by atoms with E-state index < -0.39 is 5.60 Å². The quantitative estimate of drug-likeness (QED) is 0.788. The Kier molecular flexibility index (Phi) is 7.13. The summed E-state index contributed by atoms with van der Waals surface area (Å²) in [6.45, 7) is 11.5. The largest absolute Gasteiger partial charge is 0.466 e. The van der Waals surface area contributed by atoms with Crippen LogP contribution >= 0.6 is 0 Å². The molecule has 6 heteroatoms. The number of piperidine rings is 1. The average molecular weight is 314 g/mol. The van der Waals surface area contributed by atoms with Gasteiger partial charge in [0.1, 0.15) is 5.60 Å². The van der Waals surface area contributed by atoms with Crippen molar-refractivity contribution in [2.24, 2.45) is 5.92 Å². The lowest BCUT2D eigenvalue weighted by atomic mass is 9.92. The first-order chi connectivity index (χ1) is 10.3. The lowest BCUT2D eigenvalue weighted by Gasteiger charge is -2.38. The molecule has 1 saturated heterocycles. The Hall–Kier alpha value is -1.30. The van der Waals surface area contributed by atoms with Gasteiger partial charge in [-0.25, -0.2) is 4.79 Å². The minimum absolute atomic E-state index is 0.0534. The molecule has 0 aromatic carbocycles. The number of hydrogen-bond donors (Lipinski definition) is 1. The second-order valence-electron chi connectivity index (χ2n) is 6.63. The number of likely N-dealkylation sites (tertiary alicyclic amines) is 1. The number of ether oxygens (including phenoxy) is 2. The van der Waals surface area contributed by atoms with Gasteiger partial charge in [-0.3, -0.25) is 4.79 Å². The average Bonchev–Trinajstić information content (AvgIpc) is 2.43. The molecule has 1 N–H and O–H groups in total. The van der Waals surface area contributed by atoms with E-state index in [1.165, 1.54) is 0 Å². The molecule has 0 aliphatic carbocycles. The highest BCUT2D eigenvalue weighted by molar-refractivity contribution is 5.75. The molecule has 0 spiro atoms. The Morgan fingerprint density at radius 3 is 2.50 bits per heavy atom. The molecular weight excluding hydrogens is 284 g/mol. The van der Waals surface area contributed by atoms with E-state index in [-0.39, 0.29) is 24.0 Å². The van der Waals surface area contributed by atoms with Gasteiger partial charge in [-0.1, -0.05) is 6.92 Å². The number of nitrogens with one attached hydrogen (secondary N) is 1. The number of carbonyl (C=O) groups is 2. The van der Waals surface area contributed by atoms with Crippen LogP contribution in [0.1, 0.15) is 47.5 Å². The van der Waals surface area contributed by atoms with Gasteiger partial charge in [0, 0.05) is 19.1 Å². The predicted octanol–water partition coefficient (Wildman–Crippen LogP) is 2.17. The van der Waals surface area contributed by atoms with Crippen LogP contribution in [0.5, 0.6) is 0 Å². The molecular formula is C16H30N2O4. The molecule has 6 nitrogen and oxygen atoms in total. The first kappa shape index (κ1) is 18.7. The maximum atomic E-state index is 12.2. The number of amides is 1. The molecule has 22 heavy (non-hydrogen) atoms. The highest BCUT2D eigenvalue weighted by Gasteiger charge is 2.37. The Labute approximate surface area is 133 Å². The van der Waals surface area contributed by atoms with E-state index in [9.17, 15) is 9.59 Å². The van der Waals surface area contributed by atoms with Crippen molar-refractivity contribution in [3.8, 4) is 0 Å². The number of hydrogen-bond acceptors (Lipinski definition) is 5. The molecule has 0 radical (unpaired) electrons. The second-order valence-corrected chi connectivity index (χ2v) is 6.63. The van der Waals surface area contributed by atoms with Crippen LogP contribution in [-0.2, 0) is 14.3 Å². The summed E-state index contributed by atoms with van der Waals surface area (Å²) in [5.41, 5.74) is -0.534. The normalized spacial score (nSPS) is 22.3. The third-order valence-electron chi connectivity index (χ3n) is 3.51. The molecule has 0 aromatic rings. The van der Waals surface area contributed by atoms with Gasteiger partial charge >= 0.3 is 12.1 Å². The van der Waals surface area contributed by atoms with E-state index >= 15 is 0 Å². The molecule has 1 rings (SSSR count). The summed E-state index contributed by atoms with van der Waals surface area (Å²) < 4.78 is 10.6. The standard InChI is InChI=1S/C16H30N2O4/c1-6-9-17-13-8-10-18(15(20)22-16(3,4)5)11-12(13)14(19)21-7-2/h12-13,17H,6-11H2,1-5H3. The Morgan fingerprint density at radius 1 is 1.27 bits per heavy atom. The van der Waals surface area contributed by atoms with E-state index in [1.807, 2.05) is 20.8 Å². The van der Waals surface area contributed by atoms with Crippen molar-refractivity contribution >= 4 is 12.1 Å². The fourth-order valence-corrected chi connectivity index (χ4v) is 2.51. The van der Waals surface area contributed by atoms with Gasteiger partial charge in [0.15, 0.2) is 0 Å². The molecule has 1 heterocycles. The molecule has 2 unspecified atom stereocenters. The lowest BCUT2D eigenvalue weighted by Crippen LogP contribution is -2.54. The van der Waals surface area contributed by atoms with Gasteiger partial charge in [0.2, 0.25) is 0 Å². The van der Waals surface area contributed by atoms with Crippen LogP contribution in [0, 0.1) is 5.92 Å².